The zero-order chi connectivity index (χ0) is 21.8. The van der Waals surface area contributed by atoms with Gasteiger partial charge in [0.2, 0.25) is 0 Å². The van der Waals surface area contributed by atoms with Gasteiger partial charge >= 0.3 is 11.8 Å². The molecule has 1 aliphatic rings. The molecule has 0 aliphatic carbocycles. The average molecular weight is 401 g/mol. The van der Waals surface area contributed by atoms with Gasteiger partial charge in [-0.25, -0.2) is 0 Å². The maximum Gasteiger partial charge on any atom is 0.313 e. The Morgan fingerprint density at radius 3 is 2.41 bits per heavy atom. The number of nitrogens with one attached hydrogen (secondary N) is 2. The smallest absolute Gasteiger partial charge is 0.313 e. The lowest BCUT2D eigenvalue weighted by Crippen LogP contribution is -2.49. The first-order chi connectivity index (χ1) is 13.4. The van der Waals surface area contributed by atoms with E-state index in [-0.39, 0.29) is 5.41 Å². The lowest BCUT2D eigenvalue weighted by atomic mass is 9.82. The van der Waals surface area contributed by atoms with Crippen LogP contribution in [0.4, 0.5) is 5.69 Å². The molecule has 0 saturated carbocycles. The van der Waals surface area contributed by atoms with Crippen molar-refractivity contribution in [2.24, 2.45) is 5.41 Å². The Kier molecular flexibility index (Phi) is 6.77. The van der Waals surface area contributed by atoms with Gasteiger partial charge in [-0.15, -0.1) is 0 Å². The highest BCUT2D eigenvalue weighted by molar-refractivity contribution is 6.39. The number of hydrogen-bond acceptors (Lipinski definition) is 4. The van der Waals surface area contributed by atoms with Crippen molar-refractivity contribution >= 4 is 23.1 Å². The number of amides is 2. The lowest BCUT2D eigenvalue weighted by molar-refractivity contribution is -0.137. The van der Waals surface area contributed by atoms with E-state index in [9.17, 15) is 9.59 Å². The second-order valence-electron chi connectivity index (χ2n) is 9.20. The van der Waals surface area contributed by atoms with Crippen LogP contribution in [0.5, 0.6) is 5.75 Å². The Bertz CT molecular complexity index is 845. The molecule has 1 aromatic rings. The van der Waals surface area contributed by atoms with Crippen LogP contribution in [-0.4, -0.2) is 31.1 Å². The summed E-state index contributed by atoms with van der Waals surface area (Å²) in [6.07, 6.45) is 4.44. The van der Waals surface area contributed by atoms with E-state index in [1.54, 1.807) is 25.5 Å². The Morgan fingerprint density at radius 1 is 1.14 bits per heavy atom. The van der Waals surface area contributed by atoms with E-state index in [1.807, 2.05) is 32.9 Å². The monoisotopic (exact) mass is 400 g/mol. The van der Waals surface area contributed by atoms with Crippen molar-refractivity contribution in [2.45, 2.75) is 53.5 Å². The zero-order valence-corrected chi connectivity index (χ0v) is 18.4. The number of allylic oxidation sites excluding steroid dienone is 2. The summed E-state index contributed by atoms with van der Waals surface area (Å²) < 4.78 is 10.8. The lowest BCUT2D eigenvalue weighted by Gasteiger charge is -2.33. The van der Waals surface area contributed by atoms with Crippen molar-refractivity contribution in [3.8, 4) is 5.75 Å². The Balaban J connectivity index is 2.12. The highest BCUT2D eigenvalue weighted by Crippen LogP contribution is 2.34. The second kappa shape index (κ2) is 8.72. The molecule has 1 aromatic carbocycles. The van der Waals surface area contributed by atoms with Crippen LogP contribution in [0.25, 0.3) is 5.57 Å². The molecule has 2 amide bonds. The number of anilines is 1. The van der Waals surface area contributed by atoms with E-state index in [0.717, 1.165) is 23.1 Å². The number of rotatable bonds is 5. The fourth-order valence-electron chi connectivity index (χ4n) is 3.76. The van der Waals surface area contributed by atoms with Gasteiger partial charge in [-0.2, -0.15) is 0 Å². The van der Waals surface area contributed by atoms with E-state index < -0.39 is 17.4 Å². The summed E-state index contributed by atoms with van der Waals surface area (Å²) in [7, 11) is 1.57. The van der Waals surface area contributed by atoms with Crippen LogP contribution < -0.4 is 15.4 Å². The molecule has 0 unspecified atom stereocenters. The Hall–Kier alpha value is -2.76. The summed E-state index contributed by atoms with van der Waals surface area (Å²) in [4.78, 5) is 24.8. The molecule has 2 rings (SSSR count). The minimum atomic E-state index is -0.705. The van der Waals surface area contributed by atoms with Crippen molar-refractivity contribution in [1.82, 2.24) is 5.32 Å². The summed E-state index contributed by atoms with van der Waals surface area (Å²) in [5.41, 5.74) is 2.95. The molecule has 0 saturated heterocycles. The van der Waals surface area contributed by atoms with Gasteiger partial charge in [0.15, 0.2) is 0 Å². The summed E-state index contributed by atoms with van der Waals surface area (Å²) in [5, 5.41) is 5.47. The Labute approximate surface area is 173 Å². The molecule has 0 atom stereocenters. The van der Waals surface area contributed by atoms with Crippen LogP contribution in [0.3, 0.4) is 0 Å². The number of methoxy groups -OCH3 is 1. The molecule has 158 valence electrons. The first kappa shape index (κ1) is 22.5. The van der Waals surface area contributed by atoms with Gasteiger partial charge in [0.05, 0.1) is 13.4 Å². The number of ether oxygens (including phenoxy) is 2. The van der Waals surface area contributed by atoms with Gasteiger partial charge in [-0.1, -0.05) is 20.8 Å². The normalized spacial score (nSPS) is 14.3. The highest BCUT2D eigenvalue weighted by atomic mass is 16.5. The molecule has 0 spiro atoms. The van der Waals surface area contributed by atoms with Gasteiger partial charge < -0.3 is 20.1 Å². The van der Waals surface area contributed by atoms with E-state index in [0.29, 0.717) is 18.0 Å². The largest absolute Gasteiger partial charge is 0.497 e. The second-order valence-corrected chi connectivity index (χ2v) is 9.20. The van der Waals surface area contributed by atoms with E-state index in [1.165, 1.54) is 0 Å². The van der Waals surface area contributed by atoms with E-state index in [2.05, 4.69) is 31.4 Å². The molecule has 0 bridgehead atoms. The molecule has 0 radical (unpaired) electrons. The minimum Gasteiger partial charge on any atom is -0.497 e. The SMILES string of the molecule is COc1cc(NC(=O)C(=O)NC(C)(C)CC(C)(C)C)ccc1C1=CCOC=C1C. The molecule has 6 heteroatoms. The van der Waals surface area contributed by atoms with Crippen molar-refractivity contribution in [1.29, 1.82) is 0 Å². The number of hydrogen-bond donors (Lipinski definition) is 2. The Morgan fingerprint density at radius 2 is 1.83 bits per heavy atom. The van der Waals surface area contributed by atoms with Gasteiger partial charge in [0, 0.05) is 22.9 Å². The molecule has 6 nitrogen and oxygen atoms in total. The van der Waals surface area contributed by atoms with Crippen LogP contribution in [0.1, 0.15) is 53.5 Å². The van der Waals surface area contributed by atoms with Gasteiger partial charge in [-0.3, -0.25) is 9.59 Å². The molecule has 29 heavy (non-hydrogen) atoms. The average Bonchev–Trinajstić information content (AvgIpc) is 2.59. The van der Waals surface area contributed by atoms with Gasteiger partial charge in [-0.05, 0) is 62.0 Å². The van der Waals surface area contributed by atoms with Crippen LogP contribution in [0.15, 0.2) is 36.1 Å². The fraction of sp³-hybridized carbons (Fsp3) is 0.478. The van der Waals surface area contributed by atoms with Crippen LogP contribution in [0, 0.1) is 5.41 Å². The van der Waals surface area contributed by atoms with Gasteiger partial charge in [0.25, 0.3) is 0 Å². The van der Waals surface area contributed by atoms with Gasteiger partial charge in [0.1, 0.15) is 12.4 Å². The number of benzene rings is 1. The first-order valence-electron chi connectivity index (χ1n) is 9.73. The summed E-state index contributed by atoms with van der Waals surface area (Å²) in [6.45, 7) is 12.6. The van der Waals surface area contributed by atoms with E-state index >= 15 is 0 Å². The first-order valence-corrected chi connectivity index (χ1v) is 9.73. The topological polar surface area (TPSA) is 76.7 Å². The summed E-state index contributed by atoms with van der Waals surface area (Å²) in [6, 6.07) is 5.34. The van der Waals surface area contributed by atoms with Crippen LogP contribution in [-0.2, 0) is 14.3 Å². The summed E-state index contributed by atoms with van der Waals surface area (Å²) >= 11 is 0. The third kappa shape index (κ3) is 6.38. The molecular weight excluding hydrogens is 368 g/mol. The predicted octanol–water partition coefficient (Wildman–Crippen LogP) is 4.28. The predicted molar refractivity (Wildman–Crippen MR) is 116 cm³/mol. The minimum absolute atomic E-state index is 0.0296. The van der Waals surface area contributed by atoms with Crippen molar-refractivity contribution in [3.63, 3.8) is 0 Å². The molecule has 1 heterocycles. The maximum absolute atomic E-state index is 12.4. The molecule has 2 N–H and O–H groups in total. The number of carbonyl (C=O) groups excluding carboxylic acids is 2. The summed E-state index contributed by atoms with van der Waals surface area (Å²) in [5.74, 6) is -0.756. The zero-order valence-electron chi connectivity index (χ0n) is 18.4. The molecule has 0 fully saturated rings. The van der Waals surface area contributed by atoms with Crippen molar-refractivity contribution in [2.75, 3.05) is 19.0 Å². The highest BCUT2D eigenvalue weighted by Gasteiger charge is 2.29. The number of carbonyl (C=O) groups is 2. The van der Waals surface area contributed by atoms with Crippen molar-refractivity contribution in [3.05, 3.63) is 41.7 Å². The van der Waals surface area contributed by atoms with Crippen LogP contribution in [0.2, 0.25) is 0 Å². The quantitative estimate of drug-likeness (QED) is 0.723. The molecule has 0 aromatic heterocycles. The standard InChI is InChI=1S/C23H32N2O4/c1-15-13-29-11-10-17(15)18-9-8-16(12-19(18)28-7)24-20(26)21(27)25-23(5,6)14-22(2,3)4/h8-10,12-13H,11,14H2,1-7H3,(H,24,26)(H,25,27). The molecular formula is C23H32N2O4. The third-order valence-corrected chi connectivity index (χ3v) is 4.45. The maximum atomic E-state index is 12.4. The van der Waals surface area contributed by atoms with Crippen molar-refractivity contribution < 1.29 is 19.1 Å². The van der Waals surface area contributed by atoms with Crippen LogP contribution >= 0.6 is 0 Å². The molecule has 1 aliphatic heterocycles. The fourth-order valence-corrected chi connectivity index (χ4v) is 3.76. The third-order valence-electron chi connectivity index (χ3n) is 4.45. The van der Waals surface area contributed by atoms with E-state index in [4.69, 9.17) is 9.47 Å².